The van der Waals surface area contributed by atoms with E-state index in [0.29, 0.717) is 24.3 Å². The number of anilines is 1. The molecule has 5 rings (SSSR count). The number of rotatable bonds is 1. The number of fused-ring (bicyclic) bond motifs is 3. The lowest BCUT2D eigenvalue weighted by atomic mass is 9.70. The lowest BCUT2D eigenvalue weighted by molar-refractivity contribution is -0.127. The van der Waals surface area contributed by atoms with Crippen molar-refractivity contribution in [2.24, 2.45) is 5.92 Å². The maximum absolute atomic E-state index is 15.1. The maximum Gasteiger partial charge on any atom is 0.251 e. The van der Waals surface area contributed by atoms with Gasteiger partial charge in [0, 0.05) is 24.1 Å². The minimum Gasteiger partial charge on any atom is -0.356 e. The van der Waals surface area contributed by atoms with E-state index in [0.717, 1.165) is 0 Å². The fraction of sp³-hybridized carbons (Fsp3) is 0.316. The van der Waals surface area contributed by atoms with Gasteiger partial charge >= 0.3 is 0 Å². The Morgan fingerprint density at radius 3 is 2.82 bits per heavy atom. The summed E-state index contributed by atoms with van der Waals surface area (Å²) in [4.78, 5) is 30.2. The number of piperidine rings is 1. The number of hydrogen-bond acceptors (Lipinski definition) is 4. The van der Waals surface area contributed by atoms with Crippen LogP contribution in [0.2, 0.25) is 10.2 Å². The smallest absolute Gasteiger partial charge is 0.251 e. The number of nitrogens with one attached hydrogen (secondary N) is 3. The number of amides is 2. The van der Waals surface area contributed by atoms with Gasteiger partial charge in [-0.3, -0.25) is 14.9 Å². The highest BCUT2D eigenvalue weighted by Crippen LogP contribution is 2.55. The molecule has 3 aliphatic heterocycles. The van der Waals surface area contributed by atoms with Gasteiger partial charge in [-0.05, 0) is 30.2 Å². The summed E-state index contributed by atoms with van der Waals surface area (Å²) in [6.45, 7) is 0.487. The van der Waals surface area contributed by atoms with Crippen molar-refractivity contribution in [1.29, 1.82) is 0 Å². The molecule has 9 heteroatoms. The predicted molar refractivity (Wildman–Crippen MR) is 102 cm³/mol. The number of nitrogens with zero attached hydrogens (tertiary/aromatic N) is 1. The number of benzene rings is 1. The number of aromatic nitrogens is 1. The van der Waals surface area contributed by atoms with E-state index in [-0.39, 0.29) is 33.6 Å². The first kappa shape index (κ1) is 17.8. The van der Waals surface area contributed by atoms with Crippen LogP contribution in [0.5, 0.6) is 0 Å². The van der Waals surface area contributed by atoms with Gasteiger partial charge in [-0.25, -0.2) is 9.37 Å². The van der Waals surface area contributed by atoms with E-state index in [4.69, 9.17) is 23.2 Å². The number of pyridine rings is 1. The Kier molecular flexibility index (Phi) is 3.91. The van der Waals surface area contributed by atoms with Crippen LogP contribution in [0.3, 0.4) is 0 Å². The van der Waals surface area contributed by atoms with Gasteiger partial charge in [0.2, 0.25) is 5.91 Å². The van der Waals surface area contributed by atoms with E-state index in [1.165, 1.54) is 6.07 Å². The summed E-state index contributed by atoms with van der Waals surface area (Å²) in [6, 6.07) is 7.63. The van der Waals surface area contributed by atoms with Crippen LogP contribution in [0.4, 0.5) is 10.2 Å². The summed E-state index contributed by atoms with van der Waals surface area (Å²) in [5, 5.41) is 9.11. The van der Waals surface area contributed by atoms with E-state index in [9.17, 15) is 9.59 Å². The zero-order chi connectivity index (χ0) is 19.6. The Morgan fingerprint density at radius 2 is 2.00 bits per heavy atom. The minimum atomic E-state index is -1.34. The van der Waals surface area contributed by atoms with E-state index < -0.39 is 23.2 Å². The number of halogens is 3. The molecule has 1 aromatic carbocycles. The highest BCUT2D eigenvalue weighted by Gasteiger charge is 2.65. The van der Waals surface area contributed by atoms with Gasteiger partial charge in [-0.15, -0.1) is 0 Å². The zero-order valence-electron chi connectivity index (χ0n) is 14.4. The molecule has 0 saturated carbocycles. The van der Waals surface area contributed by atoms with E-state index >= 15 is 4.39 Å². The molecule has 2 fully saturated rings. The van der Waals surface area contributed by atoms with Crippen molar-refractivity contribution in [2.45, 2.75) is 23.9 Å². The summed E-state index contributed by atoms with van der Waals surface area (Å²) in [7, 11) is 0. The molecule has 4 atom stereocenters. The van der Waals surface area contributed by atoms with Crippen LogP contribution in [-0.2, 0) is 15.1 Å². The molecular weight excluding hydrogens is 406 g/mol. The second-order valence-corrected chi connectivity index (χ2v) is 8.06. The predicted octanol–water partition coefficient (Wildman–Crippen LogP) is 2.57. The first-order valence-electron chi connectivity index (χ1n) is 8.91. The minimum absolute atomic E-state index is 0.0554. The highest BCUT2D eigenvalue weighted by atomic mass is 35.5. The molecule has 0 aliphatic carbocycles. The largest absolute Gasteiger partial charge is 0.356 e. The Labute approximate surface area is 169 Å². The summed E-state index contributed by atoms with van der Waals surface area (Å²) < 4.78 is 15.1. The Bertz CT molecular complexity index is 1030. The normalized spacial score (nSPS) is 30.8. The molecule has 28 heavy (non-hydrogen) atoms. The van der Waals surface area contributed by atoms with Gasteiger partial charge in [-0.2, -0.15) is 0 Å². The van der Waals surface area contributed by atoms with E-state index in [1.54, 1.807) is 24.3 Å². The SMILES string of the molecule is O=C1NCC[C@@H]2N[C@]3(C(=O)Nc4nc(Cl)ccc43)[C@@H](c3cccc(Cl)c3F)[C@H]12. The standard InChI is InChI=1S/C19H15Cl2FN4O2/c20-10-3-1-2-8(15(10)22)14-13-11(6-7-23-17(13)27)26-19(14)9-4-5-12(21)24-16(9)25-18(19)28/h1-5,11,13-14,26H,6-7H2,(H,23,27)(H,24,25,28)/t11-,13+,14-,19-/m0/s1. The van der Waals surface area contributed by atoms with Crippen molar-refractivity contribution >= 4 is 40.8 Å². The Balaban J connectivity index is 1.78. The second-order valence-electron chi connectivity index (χ2n) is 7.27. The van der Waals surface area contributed by atoms with E-state index in [1.807, 2.05) is 0 Å². The molecule has 1 spiro atoms. The van der Waals surface area contributed by atoms with Crippen LogP contribution in [-0.4, -0.2) is 29.4 Å². The third-order valence-corrected chi connectivity index (χ3v) is 6.42. The average molecular weight is 421 g/mol. The molecule has 2 aromatic rings. The average Bonchev–Trinajstić information content (AvgIpc) is 3.14. The fourth-order valence-corrected chi connectivity index (χ4v) is 5.17. The molecule has 2 saturated heterocycles. The van der Waals surface area contributed by atoms with Gasteiger partial charge in [0.1, 0.15) is 22.3 Å². The molecule has 2 amide bonds. The van der Waals surface area contributed by atoms with Crippen molar-refractivity contribution in [2.75, 3.05) is 11.9 Å². The van der Waals surface area contributed by atoms with Gasteiger partial charge in [0.05, 0.1) is 10.9 Å². The third kappa shape index (κ3) is 2.27. The number of carbonyl (C=O) groups is 2. The molecule has 0 bridgehead atoms. The quantitative estimate of drug-likeness (QED) is 0.619. The lowest BCUT2D eigenvalue weighted by Gasteiger charge is -2.32. The Hall–Kier alpha value is -2.22. The molecule has 1 aromatic heterocycles. The van der Waals surface area contributed by atoms with Crippen molar-refractivity contribution < 1.29 is 14.0 Å². The molecule has 0 unspecified atom stereocenters. The fourth-order valence-electron chi connectivity index (χ4n) is 4.84. The first-order valence-corrected chi connectivity index (χ1v) is 9.67. The van der Waals surface area contributed by atoms with Crippen LogP contribution in [0, 0.1) is 11.7 Å². The number of hydrogen-bond donors (Lipinski definition) is 3. The third-order valence-electron chi connectivity index (χ3n) is 5.92. The Morgan fingerprint density at radius 1 is 1.18 bits per heavy atom. The van der Waals surface area contributed by atoms with Crippen molar-refractivity contribution in [3.8, 4) is 0 Å². The molecule has 6 nitrogen and oxygen atoms in total. The van der Waals surface area contributed by atoms with Crippen molar-refractivity contribution in [3.05, 3.63) is 57.5 Å². The van der Waals surface area contributed by atoms with Gasteiger partial charge < -0.3 is 10.6 Å². The molecule has 0 radical (unpaired) electrons. The summed E-state index contributed by atoms with van der Waals surface area (Å²) in [6.07, 6.45) is 0.625. The van der Waals surface area contributed by atoms with Gasteiger partial charge in [0.25, 0.3) is 5.91 Å². The highest BCUT2D eigenvalue weighted by molar-refractivity contribution is 6.31. The lowest BCUT2D eigenvalue weighted by Crippen LogP contribution is -2.49. The van der Waals surface area contributed by atoms with Crippen LogP contribution < -0.4 is 16.0 Å². The monoisotopic (exact) mass is 420 g/mol. The van der Waals surface area contributed by atoms with Crippen LogP contribution >= 0.6 is 23.2 Å². The topological polar surface area (TPSA) is 83.1 Å². The molecular formula is C19H15Cl2FN4O2. The van der Waals surface area contributed by atoms with Gasteiger partial charge in [0.15, 0.2) is 0 Å². The first-order chi connectivity index (χ1) is 13.4. The maximum atomic E-state index is 15.1. The van der Waals surface area contributed by atoms with Gasteiger partial charge in [-0.1, -0.05) is 35.3 Å². The van der Waals surface area contributed by atoms with Crippen LogP contribution in [0.15, 0.2) is 30.3 Å². The summed E-state index contributed by atoms with van der Waals surface area (Å²) in [5.74, 6) is -2.33. The van der Waals surface area contributed by atoms with Crippen LogP contribution in [0.1, 0.15) is 23.5 Å². The van der Waals surface area contributed by atoms with Crippen molar-refractivity contribution in [1.82, 2.24) is 15.6 Å². The van der Waals surface area contributed by atoms with E-state index in [2.05, 4.69) is 20.9 Å². The van der Waals surface area contributed by atoms with Crippen LogP contribution in [0.25, 0.3) is 0 Å². The molecule has 3 aliphatic rings. The van der Waals surface area contributed by atoms with Crippen molar-refractivity contribution in [3.63, 3.8) is 0 Å². The second kappa shape index (κ2) is 6.14. The zero-order valence-corrected chi connectivity index (χ0v) is 15.9. The molecule has 144 valence electrons. The molecule has 4 heterocycles. The molecule has 3 N–H and O–H groups in total. The number of carbonyl (C=O) groups excluding carboxylic acids is 2. The summed E-state index contributed by atoms with van der Waals surface area (Å²) in [5.41, 5.74) is -0.564. The summed E-state index contributed by atoms with van der Waals surface area (Å²) >= 11 is 12.0.